The number of benzene rings is 2. The fourth-order valence-electron chi connectivity index (χ4n) is 3.07. The number of amides is 1. The van der Waals surface area contributed by atoms with Gasteiger partial charge in [-0.1, -0.05) is 34.1 Å². The summed E-state index contributed by atoms with van der Waals surface area (Å²) in [5, 5.41) is 3.16. The van der Waals surface area contributed by atoms with E-state index in [9.17, 15) is 4.79 Å². The molecule has 4 heteroatoms. The summed E-state index contributed by atoms with van der Waals surface area (Å²) in [5.74, 6) is 0.638. The maximum atomic E-state index is 12.5. The molecule has 1 fully saturated rings. The van der Waals surface area contributed by atoms with Gasteiger partial charge >= 0.3 is 0 Å². The number of rotatable bonds is 5. The first-order chi connectivity index (χ1) is 11.0. The Labute approximate surface area is 145 Å². The summed E-state index contributed by atoms with van der Waals surface area (Å²) in [6.07, 6.45) is 2.21. The molecule has 2 aromatic rings. The van der Waals surface area contributed by atoms with Gasteiger partial charge in [0.1, 0.15) is 5.75 Å². The van der Waals surface area contributed by atoms with E-state index in [-0.39, 0.29) is 17.4 Å². The van der Waals surface area contributed by atoms with Crippen LogP contribution in [0, 0.1) is 0 Å². The van der Waals surface area contributed by atoms with E-state index in [2.05, 4.69) is 52.4 Å². The molecule has 2 aromatic carbocycles. The van der Waals surface area contributed by atoms with Crippen LogP contribution in [0.1, 0.15) is 35.7 Å². The molecule has 0 aliphatic heterocycles. The minimum absolute atomic E-state index is 0.0558. The van der Waals surface area contributed by atoms with Gasteiger partial charge in [-0.05, 0) is 55.7 Å². The molecule has 0 saturated heterocycles. The highest BCUT2D eigenvalue weighted by atomic mass is 79.9. The second-order valence-corrected chi connectivity index (χ2v) is 7.01. The van der Waals surface area contributed by atoms with E-state index >= 15 is 0 Å². The lowest BCUT2D eigenvalue weighted by molar-refractivity contribution is 0.0931. The lowest BCUT2D eigenvalue weighted by atomic mass is 9.89. The fraction of sp³-hybridized carbons (Fsp3) is 0.316. The Morgan fingerprint density at radius 2 is 1.91 bits per heavy atom. The smallest absolute Gasteiger partial charge is 0.251 e. The average molecular weight is 374 g/mol. The summed E-state index contributed by atoms with van der Waals surface area (Å²) in [6, 6.07) is 15.7. The molecule has 0 radical (unpaired) electrons. The molecular weight excluding hydrogens is 354 g/mol. The van der Waals surface area contributed by atoms with E-state index in [0.717, 1.165) is 17.3 Å². The summed E-state index contributed by atoms with van der Waals surface area (Å²) < 4.78 is 6.26. The fourth-order valence-corrected chi connectivity index (χ4v) is 3.33. The maximum Gasteiger partial charge on any atom is 0.251 e. The predicted octanol–water partition coefficient (Wildman–Crippen LogP) is 4.31. The third kappa shape index (κ3) is 3.27. The minimum Gasteiger partial charge on any atom is -0.497 e. The predicted molar refractivity (Wildman–Crippen MR) is 95.0 cm³/mol. The van der Waals surface area contributed by atoms with Crippen LogP contribution in [0.5, 0.6) is 5.75 Å². The van der Waals surface area contributed by atoms with Gasteiger partial charge in [-0.2, -0.15) is 0 Å². The molecule has 23 heavy (non-hydrogen) atoms. The largest absolute Gasteiger partial charge is 0.497 e. The zero-order valence-electron chi connectivity index (χ0n) is 13.3. The number of halogens is 1. The Morgan fingerprint density at radius 3 is 2.52 bits per heavy atom. The maximum absolute atomic E-state index is 12.5. The molecule has 1 aliphatic carbocycles. The van der Waals surface area contributed by atoms with Gasteiger partial charge in [-0.25, -0.2) is 0 Å². The van der Waals surface area contributed by atoms with Crippen molar-refractivity contribution in [2.24, 2.45) is 0 Å². The lowest BCUT2D eigenvalue weighted by Gasteiger charge is -2.25. The van der Waals surface area contributed by atoms with Crippen molar-refractivity contribution >= 4 is 21.8 Å². The minimum atomic E-state index is -0.0558. The Bertz CT molecular complexity index is 708. The summed E-state index contributed by atoms with van der Waals surface area (Å²) >= 11 is 3.47. The summed E-state index contributed by atoms with van der Waals surface area (Å²) in [4.78, 5) is 12.5. The number of hydrogen-bond acceptors (Lipinski definition) is 2. The normalized spacial score (nSPS) is 16.5. The highest BCUT2D eigenvalue weighted by Crippen LogP contribution is 2.51. The standard InChI is InChI=1S/C19H20BrNO2/c1-13(19(10-11-19)15-6-8-16(20)9-7-15)21-18(22)14-4-3-5-17(12-14)23-2/h3-9,12-13H,10-11H2,1-2H3,(H,21,22). The van der Waals surface area contributed by atoms with Gasteiger partial charge in [-0.3, -0.25) is 4.79 Å². The third-order valence-electron chi connectivity index (χ3n) is 4.72. The van der Waals surface area contributed by atoms with E-state index in [4.69, 9.17) is 4.74 Å². The molecule has 3 rings (SSSR count). The quantitative estimate of drug-likeness (QED) is 0.847. The van der Waals surface area contributed by atoms with Crippen LogP contribution in [0.2, 0.25) is 0 Å². The van der Waals surface area contributed by atoms with Crippen molar-refractivity contribution in [3.05, 3.63) is 64.1 Å². The molecule has 0 bridgehead atoms. The van der Waals surface area contributed by atoms with Gasteiger partial charge in [0, 0.05) is 21.5 Å². The summed E-state index contributed by atoms with van der Waals surface area (Å²) in [7, 11) is 1.60. The van der Waals surface area contributed by atoms with Crippen molar-refractivity contribution in [1.29, 1.82) is 0 Å². The van der Waals surface area contributed by atoms with Crippen LogP contribution in [-0.4, -0.2) is 19.1 Å². The molecule has 1 N–H and O–H groups in total. The molecular formula is C19H20BrNO2. The first-order valence-corrected chi connectivity index (χ1v) is 8.55. The summed E-state index contributed by atoms with van der Waals surface area (Å²) in [5.41, 5.74) is 1.98. The van der Waals surface area contributed by atoms with Crippen molar-refractivity contribution < 1.29 is 9.53 Å². The first kappa shape index (κ1) is 16.1. The van der Waals surface area contributed by atoms with Crippen LogP contribution in [0.4, 0.5) is 0 Å². The molecule has 1 saturated carbocycles. The van der Waals surface area contributed by atoms with Crippen molar-refractivity contribution in [2.75, 3.05) is 7.11 Å². The number of ether oxygens (including phenoxy) is 1. The molecule has 1 atom stereocenters. The molecule has 0 heterocycles. The van der Waals surface area contributed by atoms with Crippen LogP contribution in [-0.2, 0) is 5.41 Å². The van der Waals surface area contributed by atoms with E-state index in [0.29, 0.717) is 11.3 Å². The van der Waals surface area contributed by atoms with Gasteiger partial charge < -0.3 is 10.1 Å². The van der Waals surface area contributed by atoms with Crippen LogP contribution < -0.4 is 10.1 Å². The Hall–Kier alpha value is -1.81. The number of carbonyl (C=O) groups is 1. The van der Waals surface area contributed by atoms with Crippen molar-refractivity contribution in [2.45, 2.75) is 31.2 Å². The SMILES string of the molecule is COc1cccc(C(=O)NC(C)C2(c3ccc(Br)cc3)CC2)c1. The second kappa shape index (κ2) is 6.36. The third-order valence-corrected chi connectivity index (χ3v) is 5.24. The van der Waals surface area contributed by atoms with Gasteiger partial charge in [0.25, 0.3) is 5.91 Å². The Balaban J connectivity index is 1.74. The van der Waals surface area contributed by atoms with Crippen LogP contribution in [0.15, 0.2) is 53.0 Å². The van der Waals surface area contributed by atoms with Crippen molar-refractivity contribution in [1.82, 2.24) is 5.32 Å². The average Bonchev–Trinajstić information content (AvgIpc) is 3.37. The van der Waals surface area contributed by atoms with E-state index < -0.39 is 0 Å². The lowest BCUT2D eigenvalue weighted by Crippen LogP contribution is -2.41. The van der Waals surface area contributed by atoms with E-state index in [1.54, 1.807) is 13.2 Å². The molecule has 1 aliphatic rings. The molecule has 3 nitrogen and oxygen atoms in total. The molecule has 1 unspecified atom stereocenters. The summed E-state index contributed by atoms with van der Waals surface area (Å²) in [6.45, 7) is 2.09. The highest BCUT2D eigenvalue weighted by Gasteiger charge is 2.49. The number of methoxy groups -OCH3 is 1. The van der Waals surface area contributed by atoms with E-state index in [1.807, 2.05) is 18.2 Å². The van der Waals surface area contributed by atoms with Gasteiger partial charge in [-0.15, -0.1) is 0 Å². The zero-order chi connectivity index (χ0) is 16.4. The zero-order valence-corrected chi connectivity index (χ0v) is 14.9. The topological polar surface area (TPSA) is 38.3 Å². The Morgan fingerprint density at radius 1 is 1.22 bits per heavy atom. The molecule has 120 valence electrons. The Kier molecular flexibility index (Phi) is 4.44. The monoisotopic (exact) mass is 373 g/mol. The van der Waals surface area contributed by atoms with E-state index in [1.165, 1.54) is 5.56 Å². The number of carbonyl (C=O) groups excluding carboxylic acids is 1. The second-order valence-electron chi connectivity index (χ2n) is 6.09. The van der Waals surface area contributed by atoms with Gasteiger partial charge in [0.15, 0.2) is 0 Å². The van der Waals surface area contributed by atoms with Crippen LogP contribution in [0.3, 0.4) is 0 Å². The van der Waals surface area contributed by atoms with Crippen LogP contribution >= 0.6 is 15.9 Å². The highest BCUT2D eigenvalue weighted by molar-refractivity contribution is 9.10. The first-order valence-electron chi connectivity index (χ1n) is 7.76. The van der Waals surface area contributed by atoms with Crippen molar-refractivity contribution in [3.63, 3.8) is 0 Å². The van der Waals surface area contributed by atoms with Gasteiger partial charge in [0.2, 0.25) is 0 Å². The molecule has 0 aromatic heterocycles. The molecule has 0 spiro atoms. The van der Waals surface area contributed by atoms with Gasteiger partial charge in [0.05, 0.1) is 7.11 Å². The number of nitrogens with one attached hydrogen (secondary N) is 1. The molecule has 1 amide bonds. The van der Waals surface area contributed by atoms with Crippen LogP contribution in [0.25, 0.3) is 0 Å². The van der Waals surface area contributed by atoms with Crippen molar-refractivity contribution in [3.8, 4) is 5.75 Å². The number of hydrogen-bond donors (Lipinski definition) is 1.